The Labute approximate surface area is 192 Å². The highest BCUT2D eigenvalue weighted by atomic mass is 16.2. The zero-order valence-corrected chi connectivity index (χ0v) is 19.2. The van der Waals surface area contributed by atoms with Crippen molar-refractivity contribution in [2.75, 3.05) is 33.2 Å². The molecular formula is C25H29N5O3. The number of amides is 2. The van der Waals surface area contributed by atoms with E-state index in [-0.39, 0.29) is 29.7 Å². The van der Waals surface area contributed by atoms with E-state index >= 15 is 0 Å². The van der Waals surface area contributed by atoms with Crippen molar-refractivity contribution >= 4 is 22.6 Å². The van der Waals surface area contributed by atoms with Crippen molar-refractivity contribution < 1.29 is 9.59 Å². The van der Waals surface area contributed by atoms with Gasteiger partial charge in [0.05, 0.1) is 17.5 Å². The molecular weight excluding hydrogens is 418 g/mol. The number of hydrogen-bond donors (Lipinski definition) is 1. The van der Waals surface area contributed by atoms with Crippen LogP contribution in [-0.4, -0.2) is 64.6 Å². The first-order valence-electron chi connectivity index (χ1n) is 11.1. The van der Waals surface area contributed by atoms with E-state index in [1.807, 2.05) is 49.1 Å². The Morgan fingerprint density at radius 3 is 2.18 bits per heavy atom. The normalized spacial score (nSPS) is 14.9. The molecule has 1 aliphatic rings. The smallest absolute Gasteiger partial charge is 0.275 e. The first-order chi connectivity index (χ1) is 15.8. The molecule has 1 fully saturated rings. The molecule has 0 radical (unpaired) electrons. The molecule has 0 bridgehead atoms. The molecule has 0 aliphatic carbocycles. The van der Waals surface area contributed by atoms with Gasteiger partial charge < -0.3 is 10.2 Å². The molecule has 3 aromatic rings. The average Bonchev–Trinajstić information content (AvgIpc) is 2.86. The van der Waals surface area contributed by atoms with Crippen molar-refractivity contribution in [3.05, 3.63) is 76.2 Å². The second-order valence-corrected chi connectivity index (χ2v) is 8.82. The standard InChI is InChI=1S/C25H29N5O3/c1-25(2,18-9-5-4-6-10-18)24(33)29-15-13-28(14-16-29)17-30-23(32)20-12-8-7-11-19(20)21(27-30)22(31)26-3/h4-12H,13-17H2,1-3H3,(H,26,31). The van der Waals surface area contributed by atoms with Crippen LogP contribution >= 0.6 is 0 Å². The van der Waals surface area contributed by atoms with E-state index in [0.717, 1.165) is 5.56 Å². The van der Waals surface area contributed by atoms with E-state index in [4.69, 9.17) is 0 Å². The lowest BCUT2D eigenvalue weighted by atomic mass is 9.83. The molecule has 8 nitrogen and oxygen atoms in total. The van der Waals surface area contributed by atoms with Gasteiger partial charge in [0.15, 0.2) is 5.69 Å². The summed E-state index contributed by atoms with van der Waals surface area (Å²) in [7, 11) is 1.54. The van der Waals surface area contributed by atoms with Crippen LogP contribution in [-0.2, 0) is 16.9 Å². The number of benzene rings is 2. The molecule has 33 heavy (non-hydrogen) atoms. The number of carbonyl (C=O) groups excluding carboxylic acids is 2. The Bertz CT molecular complexity index is 1230. The predicted octanol–water partition coefficient (Wildman–Crippen LogP) is 1.84. The zero-order chi connectivity index (χ0) is 23.6. The second kappa shape index (κ2) is 9.15. The van der Waals surface area contributed by atoms with E-state index < -0.39 is 5.41 Å². The quantitative estimate of drug-likeness (QED) is 0.645. The fourth-order valence-electron chi connectivity index (χ4n) is 4.27. The molecule has 0 atom stereocenters. The van der Waals surface area contributed by atoms with E-state index in [0.29, 0.717) is 37.0 Å². The van der Waals surface area contributed by atoms with Gasteiger partial charge in [-0.2, -0.15) is 5.10 Å². The highest BCUT2D eigenvalue weighted by Gasteiger charge is 2.35. The fraction of sp³-hybridized carbons (Fsp3) is 0.360. The average molecular weight is 448 g/mol. The molecule has 1 aliphatic heterocycles. The van der Waals surface area contributed by atoms with Crippen LogP contribution in [0, 0.1) is 0 Å². The summed E-state index contributed by atoms with van der Waals surface area (Å²) in [6.07, 6.45) is 0. The number of aromatic nitrogens is 2. The lowest BCUT2D eigenvalue weighted by molar-refractivity contribution is -0.138. The van der Waals surface area contributed by atoms with Crippen LogP contribution < -0.4 is 10.9 Å². The fourth-order valence-corrected chi connectivity index (χ4v) is 4.27. The maximum atomic E-state index is 13.2. The minimum atomic E-state index is -0.608. The molecule has 0 unspecified atom stereocenters. The highest BCUT2D eigenvalue weighted by Crippen LogP contribution is 2.26. The number of hydrogen-bond acceptors (Lipinski definition) is 5. The van der Waals surface area contributed by atoms with Crippen molar-refractivity contribution in [3.8, 4) is 0 Å². The minimum absolute atomic E-state index is 0.0938. The summed E-state index contributed by atoms with van der Waals surface area (Å²) in [6.45, 7) is 6.54. The monoisotopic (exact) mass is 447 g/mol. The molecule has 1 N–H and O–H groups in total. The van der Waals surface area contributed by atoms with Crippen LogP contribution in [0.3, 0.4) is 0 Å². The van der Waals surface area contributed by atoms with Gasteiger partial charge in [-0.15, -0.1) is 0 Å². The molecule has 172 valence electrons. The first-order valence-corrected chi connectivity index (χ1v) is 11.1. The summed E-state index contributed by atoms with van der Waals surface area (Å²) in [6, 6.07) is 16.8. The minimum Gasteiger partial charge on any atom is -0.354 e. The summed E-state index contributed by atoms with van der Waals surface area (Å²) < 4.78 is 1.35. The third-order valence-electron chi connectivity index (χ3n) is 6.33. The van der Waals surface area contributed by atoms with Gasteiger partial charge in [-0.25, -0.2) is 4.68 Å². The van der Waals surface area contributed by atoms with Gasteiger partial charge in [0.2, 0.25) is 5.91 Å². The van der Waals surface area contributed by atoms with Crippen LogP contribution in [0.5, 0.6) is 0 Å². The number of piperazine rings is 1. The highest BCUT2D eigenvalue weighted by molar-refractivity contribution is 6.04. The predicted molar refractivity (Wildman–Crippen MR) is 127 cm³/mol. The number of nitrogens with zero attached hydrogens (tertiary/aromatic N) is 4. The van der Waals surface area contributed by atoms with Crippen molar-refractivity contribution in [1.82, 2.24) is 24.9 Å². The van der Waals surface area contributed by atoms with Crippen molar-refractivity contribution in [2.24, 2.45) is 0 Å². The summed E-state index contributed by atoms with van der Waals surface area (Å²) in [4.78, 5) is 42.6. The molecule has 4 rings (SSSR count). The van der Waals surface area contributed by atoms with Crippen molar-refractivity contribution in [1.29, 1.82) is 0 Å². The molecule has 1 aromatic heterocycles. The molecule has 1 saturated heterocycles. The molecule has 0 spiro atoms. The van der Waals surface area contributed by atoms with Gasteiger partial charge in [0.25, 0.3) is 11.5 Å². The van der Waals surface area contributed by atoms with Crippen LogP contribution in [0.2, 0.25) is 0 Å². The van der Waals surface area contributed by atoms with E-state index in [1.54, 1.807) is 31.3 Å². The SMILES string of the molecule is CNC(=O)c1nn(CN2CCN(C(=O)C(C)(C)c3ccccc3)CC2)c(=O)c2ccccc12. The topological polar surface area (TPSA) is 87.5 Å². The molecule has 2 heterocycles. The Hall–Kier alpha value is -3.52. The Kier molecular flexibility index (Phi) is 6.29. The van der Waals surface area contributed by atoms with Crippen LogP contribution in [0.25, 0.3) is 10.8 Å². The molecule has 2 amide bonds. The van der Waals surface area contributed by atoms with E-state index in [2.05, 4.69) is 15.3 Å². The molecule has 0 saturated carbocycles. The van der Waals surface area contributed by atoms with Gasteiger partial charge in [-0.3, -0.25) is 19.3 Å². The lowest BCUT2D eigenvalue weighted by Gasteiger charge is -2.38. The number of nitrogens with one attached hydrogen (secondary N) is 1. The van der Waals surface area contributed by atoms with Gasteiger partial charge in [0, 0.05) is 38.6 Å². The maximum absolute atomic E-state index is 13.2. The van der Waals surface area contributed by atoms with Crippen molar-refractivity contribution in [3.63, 3.8) is 0 Å². The zero-order valence-electron chi connectivity index (χ0n) is 19.2. The number of fused-ring (bicyclic) bond motifs is 1. The summed E-state index contributed by atoms with van der Waals surface area (Å²) in [5.74, 6) is -0.241. The molecule has 2 aromatic carbocycles. The Morgan fingerprint density at radius 2 is 1.55 bits per heavy atom. The largest absolute Gasteiger partial charge is 0.354 e. The lowest BCUT2D eigenvalue weighted by Crippen LogP contribution is -2.53. The Balaban J connectivity index is 1.49. The Morgan fingerprint density at radius 1 is 0.939 bits per heavy atom. The third kappa shape index (κ3) is 4.39. The van der Waals surface area contributed by atoms with E-state index in [1.165, 1.54) is 4.68 Å². The van der Waals surface area contributed by atoms with Crippen LogP contribution in [0.1, 0.15) is 29.9 Å². The number of rotatable bonds is 5. The summed E-state index contributed by atoms with van der Waals surface area (Å²) >= 11 is 0. The molecule has 8 heteroatoms. The second-order valence-electron chi connectivity index (χ2n) is 8.82. The van der Waals surface area contributed by atoms with Gasteiger partial charge in [0.1, 0.15) is 0 Å². The third-order valence-corrected chi connectivity index (χ3v) is 6.33. The van der Waals surface area contributed by atoms with Crippen LogP contribution in [0.15, 0.2) is 59.4 Å². The first kappa shape index (κ1) is 22.7. The maximum Gasteiger partial charge on any atom is 0.275 e. The van der Waals surface area contributed by atoms with Gasteiger partial charge in [-0.1, -0.05) is 48.5 Å². The summed E-state index contributed by atoms with van der Waals surface area (Å²) in [5, 5.41) is 7.96. The van der Waals surface area contributed by atoms with E-state index in [9.17, 15) is 14.4 Å². The van der Waals surface area contributed by atoms with Gasteiger partial charge >= 0.3 is 0 Å². The van der Waals surface area contributed by atoms with Gasteiger partial charge in [-0.05, 0) is 25.5 Å². The number of carbonyl (C=O) groups is 2. The van der Waals surface area contributed by atoms with Crippen LogP contribution in [0.4, 0.5) is 0 Å². The summed E-state index contributed by atoms with van der Waals surface area (Å²) in [5.41, 5.74) is 0.377. The van der Waals surface area contributed by atoms with Crippen molar-refractivity contribution in [2.45, 2.75) is 25.9 Å².